The fraction of sp³-hybridized carbons (Fsp3) is 0.167. The molecule has 1 amide bonds. The minimum Gasteiger partial charge on any atom is -0.424 e. The second kappa shape index (κ2) is 8.92. The lowest BCUT2D eigenvalue weighted by Gasteiger charge is -2.14. The molecule has 0 unspecified atom stereocenters. The van der Waals surface area contributed by atoms with E-state index in [1.54, 1.807) is 42.7 Å². The maximum Gasteiger partial charge on any atom is 0.321 e. The second-order valence-corrected chi connectivity index (χ2v) is 8.40. The van der Waals surface area contributed by atoms with Gasteiger partial charge in [-0.1, -0.05) is 22.0 Å². The van der Waals surface area contributed by atoms with Crippen molar-refractivity contribution in [3.8, 4) is 17.4 Å². The highest BCUT2D eigenvalue weighted by Gasteiger charge is 2.25. The SMILES string of the molecule is O=C(Nc1ccc(Oc2ncccn2)cc1)c1nn(-c2cccc(Br)c2)c2c1CCCC2. The van der Waals surface area contributed by atoms with E-state index in [0.29, 0.717) is 17.1 Å². The molecular weight excluding hydrogens is 470 g/mol. The van der Waals surface area contributed by atoms with E-state index in [1.807, 2.05) is 28.9 Å². The van der Waals surface area contributed by atoms with Gasteiger partial charge in [0.15, 0.2) is 5.69 Å². The van der Waals surface area contributed by atoms with Gasteiger partial charge in [-0.3, -0.25) is 4.79 Å². The summed E-state index contributed by atoms with van der Waals surface area (Å²) in [7, 11) is 0. The first-order valence-corrected chi connectivity index (χ1v) is 11.2. The van der Waals surface area contributed by atoms with Crippen LogP contribution in [-0.4, -0.2) is 25.7 Å². The summed E-state index contributed by atoms with van der Waals surface area (Å²) in [5, 5.41) is 7.68. The van der Waals surface area contributed by atoms with E-state index in [0.717, 1.165) is 47.1 Å². The van der Waals surface area contributed by atoms with Gasteiger partial charge in [-0.15, -0.1) is 0 Å². The molecule has 1 aliphatic carbocycles. The number of anilines is 1. The van der Waals surface area contributed by atoms with Crippen LogP contribution in [0.5, 0.6) is 11.8 Å². The van der Waals surface area contributed by atoms with Crippen LogP contribution in [0, 0.1) is 0 Å². The Kier molecular flexibility index (Phi) is 5.68. The van der Waals surface area contributed by atoms with Gasteiger partial charge < -0.3 is 10.1 Å². The average Bonchev–Trinajstić information content (AvgIpc) is 3.21. The summed E-state index contributed by atoms with van der Waals surface area (Å²) in [5.41, 5.74) is 4.25. The summed E-state index contributed by atoms with van der Waals surface area (Å²) in [6, 6.07) is 17.1. The number of halogens is 1. The molecule has 1 N–H and O–H groups in total. The van der Waals surface area contributed by atoms with Gasteiger partial charge in [0.05, 0.1) is 5.69 Å². The van der Waals surface area contributed by atoms with Crippen LogP contribution in [-0.2, 0) is 12.8 Å². The quantitative estimate of drug-likeness (QED) is 0.408. The number of amides is 1. The van der Waals surface area contributed by atoms with Crippen molar-refractivity contribution in [2.45, 2.75) is 25.7 Å². The van der Waals surface area contributed by atoms with Gasteiger partial charge in [-0.25, -0.2) is 14.6 Å². The Labute approximate surface area is 193 Å². The molecule has 0 radical (unpaired) electrons. The molecule has 8 heteroatoms. The number of rotatable bonds is 5. The van der Waals surface area contributed by atoms with Crippen molar-refractivity contribution in [3.63, 3.8) is 0 Å². The minimum atomic E-state index is -0.211. The monoisotopic (exact) mass is 489 g/mol. The summed E-state index contributed by atoms with van der Waals surface area (Å²) < 4.78 is 8.49. The largest absolute Gasteiger partial charge is 0.424 e. The molecule has 1 aliphatic rings. The molecule has 7 nitrogen and oxygen atoms in total. The number of aromatic nitrogens is 4. The molecule has 0 saturated carbocycles. The number of nitrogens with zero attached hydrogens (tertiary/aromatic N) is 4. The first-order valence-electron chi connectivity index (χ1n) is 10.4. The third kappa shape index (κ3) is 4.27. The first-order chi connectivity index (χ1) is 15.7. The molecule has 0 aliphatic heterocycles. The molecule has 5 rings (SSSR count). The molecule has 32 heavy (non-hydrogen) atoms. The Hall–Kier alpha value is -3.52. The van der Waals surface area contributed by atoms with Crippen LogP contribution in [0.2, 0.25) is 0 Å². The van der Waals surface area contributed by atoms with Crippen molar-refractivity contribution in [2.75, 3.05) is 5.32 Å². The maximum atomic E-state index is 13.1. The zero-order valence-corrected chi connectivity index (χ0v) is 18.7. The highest BCUT2D eigenvalue weighted by Crippen LogP contribution is 2.29. The lowest BCUT2D eigenvalue weighted by Crippen LogP contribution is -2.15. The van der Waals surface area contributed by atoms with E-state index >= 15 is 0 Å². The zero-order chi connectivity index (χ0) is 21.9. The normalized spacial score (nSPS) is 12.8. The van der Waals surface area contributed by atoms with Gasteiger partial charge in [0.2, 0.25) is 0 Å². The fourth-order valence-corrected chi connectivity index (χ4v) is 4.23. The van der Waals surface area contributed by atoms with Gasteiger partial charge in [-0.05, 0) is 74.2 Å². The Bertz CT molecular complexity index is 1260. The van der Waals surface area contributed by atoms with E-state index < -0.39 is 0 Å². The van der Waals surface area contributed by atoms with Crippen LogP contribution in [0.3, 0.4) is 0 Å². The molecule has 0 fully saturated rings. The molecule has 0 atom stereocenters. The molecular formula is C24H20BrN5O2. The standard InChI is InChI=1S/C24H20BrN5O2/c25-16-5-3-6-18(15-16)30-21-8-2-1-7-20(21)22(29-30)23(31)28-17-9-11-19(12-10-17)32-24-26-13-4-14-27-24/h3-6,9-15H,1-2,7-8H2,(H,28,31). The number of nitrogens with one attached hydrogen (secondary N) is 1. The van der Waals surface area contributed by atoms with Gasteiger partial charge in [0.25, 0.3) is 5.91 Å². The summed E-state index contributed by atoms with van der Waals surface area (Å²) in [4.78, 5) is 21.2. The lowest BCUT2D eigenvalue weighted by molar-refractivity contribution is 0.102. The van der Waals surface area contributed by atoms with Crippen LogP contribution in [0.15, 0.2) is 71.5 Å². The van der Waals surface area contributed by atoms with E-state index in [9.17, 15) is 4.79 Å². The topological polar surface area (TPSA) is 81.9 Å². The van der Waals surface area contributed by atoms with Gasteiger partial charge in [0.1, 0.15) is 5.75 Å². The van der Waals surface area contributed by atoms with Crippen molar-refractivity contribution in [3.05, 3.63) is 88.4 Å². The molecule has 0 saturated heterocycles. The van der Waals surface area contributed by atoms with Crippen LogP contribution < -0.4 is 10.1 Å². The van der Waals surface area contributed by atoms with E-state index in [4.69, 9.17) is 9.84 Å². The maximum absolute atomic E-state index is 13.1. The van der Waals surface area contributed by atoms with Crippen molar-refractivity contribution >= 4 is 27.5 Å². The van der Waals surface area contributed by atoms with Gasteiger partial charge in [0, 0.05) is 33.8 Å². The van der Waals surface area contributed by atoms with E-state index in [-0.39, 0.29) is 11.9 Å². The Balaban J connectivity index is 1.37. The second-order valence-electron chi connectivity index (χ2n) is 7.48. The summed E-state index contributed by atoms with van der Waals surface area (Å²) in [5.74, 6) is 0.377. The van der Waals surface area contributed by atoms with Crippen molar-refractivity contribution in [1.29, 1.82) is 0 Å². The number of hydrogen-bond acceptors (Lipinski definition) is 5. The Morgan fingerprint density at radius 2 is 1.78 bits per heavy atom. The number of hydrogen-bond donors (Lipinski definition) is 1. The highest BCUT2D eigenvalue weighted by molar-refractivity contribution is 9.10. The zero-order valence-electron chi connectivity index (χ0n) is 17.2. The predicted molar refractivity (Wildman–Crippen MR) is 124 cm³/mol. The molecule has 2 heterocycles. The molecule has 0 spiro atoms. The molecule has 4 aromatic rings. The lowest BCUT2D eigenvalue weighted by atomic mass is 9.95. The number of carbonyl (C=O) groups excluding carboxylic acids is 1. The predicted octanol–water partition coefficient (Wildman–Crippen LogP) is 5.35. The van der Waals surface area contributed by atoms with Crippen molar-refractivity contribution < 1.29 is 9.53 Å². The third-order valence-corrected chi connectivity index (χ3v) is 5.80. The van der Waals surface area contributed by atoms with Crippen molar-refractivity contribution in [1.82, 2.24) is 19.7 Å². The molecule has 2 aromatic heterocycles. The summed E-state index contributed by atoms with van der Waals surface area (Å²) in [6.07, 6.45) is 7.16. The average molecular weight is 490 g/mol. The Morgan fingerprint density at radius 3 is 2.56 bits per heavy atom. The minimum absolute atomic E-state index is 0.211. The first kappa shape index (κ1) is 20.4. The summed E-state index contributed by atoms with van der Waals surface area (Å²) in [6.45, 7) is 0. The number of carbonyl (C=O) groups is 1. The van der Waals surface area contributed by atoms with Crippen molar-refractivity contribution in [2.24, 2.45) is 0 Å². The Morgan fingerprint density at radius 1 is 1.00 bits per heavy atom. The summed E-state index contributed by atoms with van der Waals surface area (Å²) >= 11 is 3.52. The van der Waals surface area contributed by atoms with Crippen LogP contribution in [0.1, 0.15) is 34.6 Å². The van der Waals surface area contributed by atoms with Gasteiger partial charge >= 0.3 is 6.01 Å². The molecule has 0 bridgehead atoms. The van der Waals surface area contributed by atoms with E-state index in [1.165, 1.54) is 0 Å². The number of fused-ring (bicyclic) bond motifs is 1. The van der Waals surface area contributed by atoms with Crippen LogP contribution >= 0.6 is 15.9 Å². The smallest absolute Gasteiger partial charge is 0.321 e. The highest BCUT2D eigenvalue weighted by atomic mass is 79.9. The number of ether oxygens (including phenoxy) is 1. The van der Waals surface area contributed by atoms with E-state index in [2.05, 4.69) is 31.2 Å². The fourth-order valence-electron chi connectivity index (χ4n) is 3.84. The molecule has 2 aromatic carbocycles. The number of benzene rings is 2. The molecule has 160 valence electrons. The van der Waals surface area contributed by atoms with Crippen LogP contribution in [0.4, 0.5) is 5.69 Å². The van der Waals surface area contributed by atoms with Gasteiger partial charge in [-0.2, -0.15) is 5.10 Å². The third-order valence-electron chi connectivity index (χ3n) is 5.31. The van der Waals surface area contributed by atoms with Crippen LogP contribution in [0.25, 0.3) is 5.69 Å².